The normalized spacial score (nSPS) is 12.7. The topological polar surface area (TPSA) is 47.3 Å². The number of benzene rings is 1. The summed E-state index contributed by atoms with van der Waals surface area (Å²) in [7, 11) is 1.59. The van der Waals surface area contributed by atoms with Gasteiger partial charge in [0.2, 0.25) is 0 Å². The van der Waals surface area contributed by atoms with Crippen molar-refractivity contribution in [3.63, 3.8) is 0 Å². The van der Waals surface area contributed by atoms with Gasteiger partial charge in [0.25, 0.3) is 0 Å². The van der Waals surface area contributed by atoms with Crippen LogP contribution < -0.4 is 4.74 Å². The third-order valence-electron chi connectivity index (χ3n) is 2.94. The van der Waals surface area contributed by atoms with Gasteiger partial charge in [-0.1, -0.05) is 23.7 Å². The van der Waals surface area contributed by atoms with Gasteiger partial charge in [-0.25, -0.2) is 0 Å². The van der Waals surface area contributed by atoms with Crippen molar-refractivity contribution >= 4 is 11.6 Å². The van der Waals surface area contributed by atoms with Crippen LogP contribution in [0.2, 0.25) is 5.02 Å². The second kappa shape index (κ2) is 5.63. The Bertz CT molecular complexity index is 566. The molecule has 1 aromatic carbocycles. The standard InChI is InChI=1S/C14H17ClN2O2/c1-9(2)17-13(12(15)8-16-17)14(18)10-5-4-6-11(7-10)19-3/h4-9,14,18H,1-3H3. The number of aliphatic hydroxyl groups is 1. The molecule has 102 valence electrons. The molecule has 4 nitrogen and oxygen atoms in total. The summed E-state index contributed by atoms with van der Waals surface area (Å²) in [5.41, 5.74) is 1.33. The van der Waals surface area contributed by atoms with Gasteiger partial charge in [0.15, 0.2) is 0 Å². The zero-order valence-electron chi connectivity index (χ0n) is 11.2. The minimum atomic E-state index is -0.826. The molecule has 0 saturated heterocycles. The van der Waals surface area contributed by atoms with Crippen molar-refractivity contribution in [1.29, 1.82) is 0 Å². The maximum atomic E-state index is 10.5. The van der Waals surface area contributed by atoms with Gasteiger partial charge in [-0.15, -0.1) is 0 Å². The molecule has 2 rings (SSSR count). The second-order valence-electron chi connectivity index (χ2n) is 4.60. The fraction of sp³-hybridized carbons (Fsp3) is 0.357. The van der Waals surface area contributed by atoms with Crippen molar-refractivity contribution in [3.05, 3.63) is 46.7 Å². The van der Waals surface area contributed by atoms with Gasteiger partial charge in [0, 0.05) is 6.04 Å². The highest BCUT2D eigenvalue weighted by Crippen LogP contribution is 2.31. The first-order valence-corrected chi connectivity index (χ1v) is 6.47. The van der Waals surface area contributed by atoms with Crippen LogP contribution in [-0.4, -0.2) is 22.0 Å². The maximum Gasteiger partial charge on any atom is 0.122 e. The van der Waals surface area contributed by atoms with Crippen molar-refractivity contribution < 1.29 is 9.84 Å². The molecule has 0 saturated carbocycles. The second-order valence-corrected chi connectivity index (χ2v) is 5.00. The largest absolute Gasteiger partial charge is 0.497 e. The third kappa shape index (κ3) is 2.74. The van der Waals surface area contributed by atoms with Gasteiger partial charge in [-0.05, 0) is 31.5 Å². The van der Waals surface area contributed by atoms with E-state index in [1.54, 1.807) is 24.1 Å². The number of rotatable bonds is 4. The number of aromatic nitrogens is 2. The van der Waals surface area contributed by atoms with E-state index in [1.165, 1.54) is 0 Å². The summed E-state index contributed by atoms with van der Waals surface area (Å²) in [4.78, 5) is 0. The number of methoxy groups -OCH3 is 1. The van der Waals surface area contributed by atoms with Gasteiger partial charge in [-0.3, -0.25) is 4.68 Å². The number of halogens is 1. The van der Waals surface area contributed by atoms with E-state index in [0.717, 1.165) is 5.56 Å². The number of aliphatic hydroxyl groups excluding tert-OH is 1. The van der Waals surface area contributed by atoms with Gasteiger partial charge in [0.1, 0.15) is 11.9 Å². The summed E-state index contributed by atoms with van der Waals surface area (Å²) in [5, 5.41) is 15.2. The monoisotopic (exact) mass is 280 g/mol. The van der Waals surface area contributed by atoms with Crippen molar-refractivity contribution in [2.24, 2.45) is 0 Å². The fourth-order valence-electron chi connectivity index (χ4n) is 1.99. The molecule has 0 aliphatic rings. The lowest BCUT2D eigenvalue weighted by Crippen LogP contribution is -2.12. The van der Waals surface area contributed by atoms with Crippen LogP contribution in [0, 0.1) is 0 Å². The lowest BCUT2D eigenvalue weighted by atomic mass is 10.1. The highest BCUT2D eigenvalue weighted by atomic mass is 35.5. The van der Waals surface area contributed by atoms with Crippen LogP contribution in [0.3, 0.4) is 0 Å². The van der Waals surface area contributed by atoms with E-state index >= 15 is 0 Å². The minimum Gasteiger partial charge on any atom is -0.497 e. The quantitative estimate of drug-likeness (QED) is 0.935. The number of ether oxygens (including phenoxy) is 1. The average Bonchev–Trinajstić information content (AvgIpc) is 2.80. The molecule has 0 aliphatic heterocycles. The summed E-state index contributed by atoms with van der Waals surface area (Å²) in [6, 6.07) is 7.42. The van der Waals surface area contributed by atoms with Crippen molar-refractivity contribution in [2.45, 2.75) is 26.0 Å². The number of nitrogens with zero attached hydrogens (tertiary/aromatic N) is 2. The van der Waals surface area contributed by atoms with E-state index in [1.807, 2.05) is 32.0 Å². The first-order chi connectivity index (χ1) is 9.04. The van der Waals surface area contributed by atoms with E-state index in [4.69, 9.17) is 16.3 Å². The van der Waals surface area contributed by atoms with Crippen LogP contribution in [0.15, 0.2) is 30.5 Å². The number of hydrogen-bond acceptors (Lipinski definition) is 3. The van der Waals surface area contributed by atoms with Gasteiger partial charge in [0.05, 0.1) is 24.0 Å². The molecular formula is C14H17ClN2O2. The highest BCUT2D eigenvalue weighted by Gasteiger charge is 2.21. The van der Waals surface area contributed by atoms with Crippen LogP contribution in [0.25, 0.3) is 0 Å². The molecule has 1 heterocycles. The Labute approximate surface area is 117 Å². The smallest absolute Gasteiger partial charge is 0.122 e. The van der Waals surface area contributed by atoms with Crippen molar-refractivity contribution in [2.75, 3.05) is 7.11 Å². The summed E-state index contributed by atoms with van der Waals surface area (Å²) in [6.07, 6.45) is 0.729. The Balaban J connectivity index is 2.43. The molecule has 0 amide bonds. The first kappa shape index (κ1) is 13.9. The zero-order chi connectivity index (χ0) is 14.0. The Hall–Kier alpha value is -1.52. The molecule has 2 aromatic rings. The molecular weight excluding hydrogens is 264 g/mol. The van der Waals surface area contributed by atoms with Gasteiger partial charge >= 0.3 is 0 Å². The zero-order valence-corrected chi connectivity index (χ0v) is 11.9. The molecule has 1 N–H and O–H groups in total. The molecule has 0 radical (unpaired) electrons. The van der Waals surface area contributed by atoms with Crippen LogP contribution in [0.5, 0.6) is 5.75 Å². The van der Waals surface area contributed by atoms with E-state index < -0.39 is 6.10 Å². The first-order valence-electron chi connectivity index (χ1n) is 6.09. The lowest BCUT2D eigenvalue weighted by molar-refractivity contribution is 0.204. The minimum absolute atomic E-state index is 0.128. The highest BCUT2D eigenvalue weighted by molar-refractivity contribution is 6.31. The Morgan fingerprint density at radius 3 is 2.74 bits per heavy atom. The summed E-state index contributed by atoms with van der Waals surface area (Å²) < 4.78 is 6.89. The fourth-order valence-corrected chi connectivity index (χ4v) is 2.22. The van der Waals surface area contributed by atoms with Crippen molar-refractivity contribution in [3.8, 4) is 5.75 Å². The summed E-state index contributed by atoms with van der Waals surface area (Å²) in [5.74, 6) is 0.697. The Morgan fingerprint density at radius 2 is 2.11 bits per heavy atom. The third-order valence-corrected chi connectivity index (χ3v) is 3.24. The summed E-state index contributed by atoms with van der Waals surface area (Å²) in [6.45, 7) is 3.98. The van der Waals surface area contributed by atoms with Crippen LogP contribution >= 0.6 is 11.6 Å². The van der Waals surface area contributed by atoms with E-state index in [2.05, 4.69) is 5.10 Å². The molecule has 5 heteroatoms. The van der Waals surface area contributed by atoms with Crippen LogP contribution in [0.4, 0.5) is 0 Å². The molecule has 0 bridgehead atoms. The van der Waals surface area contributed by atoms with E-state index in [9.17, 15) is 5.11 Å². The Kier molecular flexibility index (Phi) is 4.12. The molecule has 19 heavy (non-hydrogen) atoms. The average molecular weight is 281 g/mol. The van der Waals surface area contributed by atoms with Crippen molar-refractivity contribution in [1.82, 2.24) is 9.78 Å². The SMILES string of the molecule is COc1cccc(C(O)c2c(Cl)cnn2C(C)C)c1. The van der Waals surface area contributed by atoms with Gasteiger partial charge in [-0.2, -0.15) is 5.10 Å². The van der Waals surface area contributed by atoms with Crippen LogP contribution in [0.1, 0.15) is 37.3 Å². The molecule has 1 aromatic heterocycles. The lowest BCUT2D eigenvalue weighted by Gasteiger charge is -2.17. The number of hydrogen-bond donors (Lipinski definition) is 1. The molecule has 0 fully saturated rings. The van der Waals surface area contributed by atoms with E-state index in [-0.39, 0.29) is 6.04 Å². The van der Waals surface area contributed by atoms with Gasteiger partial charge < -0.3 is 9.84 Å². The van der Waals surface area contributed by atoms with E-state index in [0.29, 0.717) is 16.5 Å². The predicted molar refractivity (Wildman–Crippen MR) is 74.7 cm³/mol. The Morgan fingerprint density at radius 1 is 1.37 bits per heavy atom. The van der Waals surface area contributed by atoms with Crippen LogP contribution in [-0.2, 0) is 0 Å². The summed E-state index contributed by atoms with van der Waals surface area (Å²) >= 11 is 6.13. The molecule has 1 unspecified atom stereocenters. The molecule has 1 atom stereocenters. The predicted octanol–water partition coefficient (Wildman–Crippen LogP) is 3.21. The molecule has 0 spiro atoms. The molecule has 0 aliphatic carbocycles. The maximum absolute atomic E-state index is 10.5.